The molecule has 9 nitrogen and oxygen atoms in total. The lowest BCUT2D eigenvalue weighted by Gasteiger charge is -2.39. The molecule has 9 heteroatoms. The highest BCUT2D eigenvalue weighted by molar-refractivity contribution is 5.69. The van der Waals surface area contributed by atoms with E-state index in [1.807, 2.05) is 0 Å². The van der Waals surface area contributed by atoms with Crippen LogP contribution in [0, 0.1) is 0 Å². The molecule has 71 heavy (non-hydrogen) atoms. The highest BCUT2D eigenvalue weighted by Crippen LogP contribution is 2.23. The Morgan fingerprint density at radius 1 is 0.394 bits per heavy atom. The molecule has 0 aliphatic carbocycles. The van der Waals surface area contributed by atoms with E-state index in [1.54, 1.807) is 0 Å². The number of hydrogen-bond acceptors (Lipinski definition) is 9. The van der Waals surface area contributed by atoms with Gasteiger partial charge >= 0.3 is 5.97 Å². The number of aliphatic hydroxyl groups excluding tert-OH is 4. The Balaban J connectivity index is 2.09. The minimum absolute atomic E-state index is 0.104. The number of unbranched alkanes of at least 4 members (excludes halogenated alkanes) is 46. The van der Waals surface area contributed by atoms with Gasteiger partial charge in [-0.2, -0.15) is 0 Å². The van der Waals surface area contributed by atoms with Gasteiger partial charge in [0.2, 0.25) is 0 Å². The summed E-state index contributed by atoms with van der Waals surface area (Å²) in [5.74, 6) is -0.301. The molecule has 6 unspecified atom stereocenters. The van der Waals surface area contributed by atoms with Crippen LogP contribution in [-0.4, -0.2) is 89.6 Å². The van der Waals surface area contributed by atoms with Crippen LogP contribution in [0.15, 0.2) is 0 Å². The van der Waals surface area contributed by atoms with E-state index in [2.05, 4.69) is 13.8 Å². The molecule has 424 valence electrons. The number of carbonyl (C=O) groups is 1. The monoisotopic (exact) mass is 1010 g/mol. The van der Waals surface area contributed by atoms with Gasteiger partial charge in [0.1, 0.15) is 30.5 Å². The molecule has 0 radical (unpaired) electrons. The predicted octanol–water partition coefficient (Wildman–Crippen LogP) is 16.9. The van der Waals surface area contributed by atoms with E-state index < -0.39 is 43.4 Å². The summed E-state index contributed by atoms with van der Waals surface area (Å²) in [6, 6.07) is 0. The van der Waals surface area contributed by atoms with E-state index in [9.17, 15) is 25.2 Å². The van der Waals surface area contributed by atoms with Crippen LogP contribution in [0.1, 0.15) is 328 Å². The van der Waals surface area contributed by atoms with E-state index >= 15 is 0 Å². The maximum absolute atomic E-state index is 12.9. The van der Waals surface area contributed by atoms with Crippen LogP contribution in [0.3, 0.4) is 0 Å². The zero-order chi connectivity index (χ0) is 51.3. The minimum Gasteiger partial charge on any atom is -0.457 e. The van der Waals surface area contributed by atoms with E-state index in [1.165, 1.54) is 276 Å². The molecule has 1 rings (SSSR count). The third-order valence-electron chi connectivity index (χ3n) is 15.3. The number of esters is 1. The summed E-state index contributed by atoms with van der Waals surface area (Å²) in [7, 11) is 0. The first-order valence-electron chi connectivity index (χ1n) is 31.6. The van der Waals surface area contributed by atoms with Gasteiger partial charge in [0.25, 0.3) is 0 Å². The van der Waals surface area contributed by atoms with Crippen molar-refractivity contribution >= 4 is 5.97 Å². The average Bonchev–Trinajstić information content (AvgIpc) is 3.37. The van der Waals surface area contributed by atoms with Gasteiger partial charge in [0.15, 0.2) is 6.29 Å². The van der Waals surface area contributed by atoms with Gasteiger partial charge in [-0.3, -0.25) is 4.79 Å². The lowest BCUT2D eigenvalue weighted by atomic mass is 9.99. The van der Waals surface area contributed by atoms with Crippen molar-refractivity contribution < 1.29 is 44.2 Å². The minimum atomic E-state index is -1.53. The summed E-state index contributed by atoms with van der Waals surface area (Å²) in [6.07, 6.45) is 57.4. The molecular weight excluding hydrogens is 889 g/mol. The first kappa shape index (κ1) is 68.2. The Bertz CT molecular complexity index is 1060. The van der Waals surface area contributed by atoms with Crippen molar-refractivity contribution in [3.63, 3.8) is 0 Å². The quantitative estimate of drug-likeness (QED) is 0.0347. The first-order valence-corrected chi connectivity index (χ1v) is 31.6. The van der Waals surface area contributed by atoms with Crippen molar-refractivity contribution in [2.24, 2.45) is 0 Å². The summed E-state index contributed by atoms with van der Waals surface area (Å²) in [6.45, 7) is 4.66. The second kappa shape index (κ2) is 54.0. The summed E-state index contributed by atoms with van der Waals surface area (Å²) >= 11 is 0. The summed E-state index contributed by atoms with van der Waals surface area (Å²) < 4.78 is 23.0. The Kier molecular flexibility index (Phi) is 51.9. The highest BCUT2D eigenvalue weighted by Gasteiger charge is 2.44. The van der Waals surface area contributed by atoms with E-state index in [-0.39, 0.29) is 19.2 Å². The van der Waals surface area contributed by atoms with Crippen molar-refractivity contribution in [3.8, 4) is 0 Å². The molecule has 0 bridgehead atoms. The first-order chi connectivity index (χ1) is 34.9. The van der Waals surface area contributed by atoms with Gasteiger partial charge in [-0.25, -0.2) is 0 Å². The number of hydrogen-bond donors (Lipinski definition) is 4. The van der Waals surface area contributed by atoms with Crippen molar-refractivity contribution in [2.75, 3.05) is 26.4 Å². The lowest BCUT2D eigenvalue weighted by molar-refractivity contribution is -0.305. The smallest absolute Gasteiger partial charge is 0.306 e. The predicted molar refractivity (Wildman–Crippen MR) is 298 cm³/mol. The third-order valence-corrected chi connectivity index (χ3v) is 15.3. The van der Waals surface area contributed by atoms with Gasteiger partial charge in [0, 0.05) is 13.0 Å². The van der Waals surface area contributed by atoms with Crippen LogP contribution < -0.4 is 0 Å². The second-order valence-corrected chi connectivity index (χ2v) is 22.2. The fourth-order valence-corrected chi connectivity index (χ4v) is 10.4. The van der Waals surface area contributed by atoms with Crippen LogP contribution in [0.25, 0.3) is 0 Å². The molecule has 1 fully saturated rings. The van der Waals surface area contributed by atoms with Gasteiger partial charge in [0.05, 0.1) is 19.8 Å². The molecule has 1 saturated heterocycles. The second-order valence-electron chi connectivity index (χ2n) is 22.2. The molecule has 1 aliphatic rings. The zero-order valence-electron chi connectivity index (χ0n) is 47.3. The van der Waals surface area contributed by atoms with Crippen molar-refractivity contribution in [2.45, 2.75) is 365 Å². The Hall–Kier alpha value is -0.810. The standard InChI is InChI=1S/C62H122O9/c1-3-5-7-9-11-13-15-17-19-21-23-25-27-28-29-31-33-35-37-39-41-43-45-47-49-51-58(64)70-56(55-69-62-61(67)60(66)59(65)57(53-63)71-62)54-68-52-50-48-46-44-42-40-38-36-34-32-30-26-24-22-20-18-16-14-12-10-8-6-4-2/h56-57,59-63,65-67H,3-55H2,1-2H3. The normalized spacial score (nSPS) is 18.6. The van der Waals surface area contributed by atoms with Crippen molar-refractivity contribution in [1.29, 1.82) is 0 Å². The molecule has 6 atom stereocenters. The van der Waals surface area contributed by atoms with Crippen LogP contribution in [0.5, 0.6) is 0 Å². The molecule has 0 aromatic carbocycles. The SMILES string of the molecule is CCCCCCCCCCCCCCCCCCCCCCCCCCCC(=O)OC(COCCCCCCCCCCCCCCCCCCCCCCCCC)COC1OC(CO)C(O)C(O)C1O. The molecule has 0 aromatic heterocycles. The number of ether oxygens (including phenoxy) is 4. The zero-order valence-corrected chi connectivity index (χ0v) is 47.3. The molecule has 0 saturated carbocycles. The van der Waals surface area contributed by atoms with E-state index in [4.69, 9.17) is 18.9 Å². The number of aliphatic hydroxyl groups is 4. The van der Waals surface area contributed by atoms with Crippen LogP contribution in [0.4, 0.5) is 0 Å². The molecule has 0 spiro atoms. The maximum atomic E-state index is 12.9. The molecule has 1 aliphatic heterocycles. The summed E-state index contributed by atoms with van der Waals surface area (Å²) in [5.41, 5.74) is 0. The van der Waals surface area contributed by atoms with Gasteiger partial charge in [-0.05, 0) is 12.8 Å². The summed E-state index contributed by atoms with van der Waals surface area (Å²) in [4.78, 5) is 12.9. The average molecular weight is 1010 g/mol. The molecule has 0 aromatic rings. The number of carbonyl (C=O) groups excluding carboxylic acids is 1. The van der Waals surface area contributed by atoms with E-state index in [0.717, 1.165) is 32.1 Å². The van der Waals surface area contributed by atoms with Crippen LogP contribution >= 0.6 is 0 Å². The largest absolute Gasteiger partial charge is 0.457 e. The Morgan fingerprint density at radius 2 is 0.690 bits per heavy atom. The molecule has 1 heterocycles. The van der Waals surface area contributed by atoms with Gasteiger partial charge in [-0.1, -0.05) is 309 Å². The maximum Gasteiger partial charge on any atom is 0.306 e. The highest BCUT2D eigenvalue weighted by atomic mass is 16.7. The molecular formula is C62H122O9. The molecule has 0 amide bonds. The van der Waals surface area contributed by atoms with Crippen molar-refractivity contribution in [3.05, 3.63) is 0 Å². The Morgan fingerprint density at radius 3 is 1.00 bits per heavy atom. The van der Waals surface area contributed by atoms with Crippen LogP contribution in [0.2, 0.25) is 0 Å². The topological polar surface area (TPSA) is 135 Å². The molecule has 4 N–H and O–H groups in total. The number of rotatable bonds is 57. The van der Waals surface area contributed by atoms with Crippen LogP contribution in [-0.2, 0) is 23.7 Å². The fourth-order valence-electron chi connectivity index (χ4n) is 10.4. The van der Waals surface area contributed by atoms with Crippen molar-refractivity contribution in [1.82, 2.24) is 0 Å². The Labute approximate surface area is 440 Å². The summed E-state index contributed by atoms with van der Waals surface area (Å²) in [5, 5.41) is 40.4. The van der Waals surface area contributed by atoms with E-state index in [0.29, 0.717) is 13.0 Å². The third kappa shape index (κ3) is 44.1. The van der Waals surface area contributed by atoms with Gasteiger partial charge < -0.3 is 39.4 Å². The fraction of sp³-hybridized carbons (Fsp3) is 0.984. The lowest BCUT2D eigenvalue weighted by Crippen LogP contribution is -2.59. The van der Waals surface area contributed by atoms with Gasteiger partial charge in [-0.15, -0.1) is 0 Å².